The zero-order valence-corrected chi connectivity index (χ0v) is 17.4. The average molecular weight is 436 g/mol. The summed E-state index contributed by atoms with van der Waals surface area (Å²) in [5, 5.41) is 3.45. The Balaban J connectivity index is 1.74. The lowest BCUT2D eigenvalue weighted by atomic mass is 9.71. The number of hydrogen-bond acceptors (Lipinski definition) is 4. The van der Waals surface area contributed by atoms with Crippen LogP contribution in [-0.2, 0) is 10.3 Å². The Labute approximate surface area is 183 Å². The maximum absolute atomic E-state index is 14.3. The van der Waals surface area contributed by atoms with E-state index in [1.165, 1.54) is 12.1 Å². The molecule has 3 aromatic rings. The van der Waals surface area contributed by atoms with Gasteiger partial charge in [0.15, 0.2) is 5.78 Å². The third-order valence-corrected chi connectivity index (χ3v) is 6.66. The highest BCUT2D eigenvalue weighted by atomic mass is 35.5. The largest absolute Gasteiger partial charge is 0.324 e. The number of hydrogen-bond donors (Lipinski definition) is 1. The van der Waals surface area contributed by atoms with Gasteiger partial charge in [-0.15, -0.1) is 0 Å². The highest BCUT2D eigenvalue weighted by Gasteiger charge is 2.64. The Hall–Kier alpha value is -3.09. The van der Waals surface area contributed by atoms with Crippen molar-refractivity contribution in [2.45, 2.75) is 11.5 Å². The van der Waals surface area contributed by atoms with Crippen molar-refractivity contribution in [3.05, 3.63) is 94.5 Å². The number of rotatable bonds is 3. The van der Waals surface area contributed by atoms with Gasteiger partial charge in [-0.25, -0.2) is 4.39 Å². The Morgan fingerprint density at radius 2 is 1.97 bits per heavy atom. The van der Waals surface area contributed by atoms with Crippen LogP contribution in [0.25, 0.3) is 0 Å². The number of carbonyl (C=O) groups is 2. The van der Waals surface area contributed by atoms with Crippen molar-refractivity contribution in [3.8, 4) is 0 Å². The van der Waals surface area contributed by atoms with E-state index < -0.39 is 17.3 Å². The van der Waals surface area contributed by atoms with Crippen LogP contribution >= 0.6 is 11.6 Å². The summed E-state index contributed by atoms with van der Waals surface area (Å²) in [4.78, 5) is 33.4. The molecule has 2 aliphatic rings. The Morgan fingerprint density at radius 3 is 2.68 bits per heavy atom. The summed E-state index contributed by atoms with van der Waals surface area (Å²) < 4.78 is 14.3. The molecule has 31 heavy (non-hydrogen) atoms. The lowest BCUT2D eigenvalue weighted by Gasteiger charge is -2.35. The molecular weight excluding hydrogens is 417 g/mol. The minimum absolute atomic E-state index is 0.253. The molecule has 1 amide bonds. The fourth-order valence-electron chi connectivity index (χ4n) is 5.09. The van der Waals surface area contributed by atoms with Gasteiger partial charge in [0.2, 0.25) is 5.91 Å². The number of halogens is 2. The molecule has 2 aromatic carbocycles. The number of anilines is 1. The van der Waals surface area contributed by atoms with Crippen molar-refractivity contribution in [3.63, 3.8) is 0 Å². The van der Waals surface area contributed by atoms with E-state index in [1.54, 1.807) is 49.6 Å². The number of Topliss-reactive ketones (excluding diaryl/α,β-unsaturated/α-hetero) is 1. The summed E-state index contributed by atoms with van der Waals surface area (Å²) in [6, 6.07) is 16.6. The number of amides is 1. The fourth-order valence-corrected chi connectivity index (χ4v) is 5.22. The number of likely N-dealkylation sites (N-methyl/N-ethyl adjacent to an activating group) is 1. The summed E-state index contributed by atoms with van der Waals surface area (Å²) in [5.41, 5.74) is 0.828. The van der Waals surface area contributed by atoms with E-state index in [0.29, 0.717) is 22.8 Å². The first-order valence-corrected chi connectivity index (χ1v) is 10.3. The van der Waals surface area contributed by atoms with E-state index in [4.69, 9.17) is 11.6 Å². The minimum Gasteiger partial charge on any atom is -0.324 e. The van der Waals surface area contributed by atoms with E-state index in [9.17, 15) is 14.0 Å². The highest BCUT2D eigenvalue weighted by Crippen LogP contribution is 2.55. The van der Waals surface area contributed by atoms with Gasteiger partial charge in [-0.2, -0.15) is 0 Å². The number of pyridine rings is 1. The van der Waals surface area contributed by atoms with Crippen LogP contribution in [0.3, 0.4) is 0 Å². The molecule has 0 bridgehead atoms. The van der Waals surface area contributed by atoms with Gasteiger partial charge < -0.3 is 5.32 Å². The summed E-state index contributed by atoms with van der Waals surface area (Å²) in [5.74, 6) is -2.14. The van der Waals surface area contributed by atoms with Crippen molar-refractivity contribution < 1.29 is 14.0 Å². The number of aromatic nitrogens is 1. The van der Waals surface area contributed by atoms with Crippen LogP contribution in [0.15, 0.2) is 66.9 Å². The smallest absolute Gasteiger partial charge is 0.250 e. The van der Waals surface area contributed by atoms with Crippen LogP contribution in [0.2, 0.25) is 5.02 Å². The summed E-state index contributed by atoms with van der Waals surface area (Å²) in [7, 11) is 1.80. The Kier molecular flexibility index (Phi) is 4.64. The van der Waals surface area contributed by atoms with Crippen molar-refractivity contribution in [1.82, 2.24) is 9.88 Å². The third kappa shape index (κ3) is 2.90. The third-order valence-electron chi connectivity index (χ3n) is 6.41. The lowest BCUT2D eigenvalue weighted by molar-refractivity contribution is -0.126. The first-order valence-electron chi connectivity index (χ1n) is 9.96. The monoisotopic (exact) mass is 435 g/mol. The van der Waals surface area contributed by atoms with Gasteiger partial charge in [0, 0.05) is 34.9 Å². The molecule has 3 heterocycles. The molecular formula is C24H19ClFN3O2. The number of carbonyl (C=O) groups excluding carboxylic acids is 2. The number of likely N-dealkylation sites (tertiary alicyclic amines) is 1. The first-order chi connectivity index (χ1) is 14.9. The van der Waals surface area contributed by atoms with Gasteiger partial charge in [-0.3, -0.25) is 19.5 Å². The zero-order chi connectivity index (χ0) is 21.8. The molecule has 1 N–H and O–H groups in total. The molecule has 0 saturated carbocycles. The lowest BCUT2D eigenvalue weighted by Crippen LogP contribution is -2.51. The van der Waals surface area contributed by atoms with Gasteiger partial charge in [0.1, 0.15) is 17.1 Å². The SMILES string of the molecule is CN1C[C@H](c2ccc(Cl)cc2)C(C(=O)c2ccccn2)[C@]12C(=O)Nc1ccc(F)cc12. The molecule has 1 spiro atoms. The number of nitrogens with one attached hydrogen (secondary N) is 1. The molecule has 3 atom stereocenters. The normalized spacial score (nSPS) is 24.9. The van der Waals surface area contributed by atoms with E-state index >= 15 is 0 Å². The topological polar surface area (TPSA) is 62.3 Å². The molecule has 1 unspecified atom stereocenters. The van der Waals surface area contributed by atoms with Crippen molar-refractivity contribution in [2.75, 3.05) is 18.9 Å². The minimum atomic E-state index is -1.34. The second-order valence-corrected chi connectivity index (χ2v) is 8.44. The predicted molar refractivity (Wildman–Crippen MR) is 116 cm³/mol. The standard InChI is InChI=1S/C24H19ClFN3O2/c1-29-13-17(14-5-7-15(25)8-6-14)21(22(30)20-4-2-3-11-27-20)24(29)18-12-16(26)9-10-19(18)28-23(24)31/h2-12,17,21H,13H2,1H3,(H,28,31)/t17-,21?,24-/m1/s1. The molecule has 156 valence electrons. The summed E-state index contributed by atoms with van der Waals surface area (Å²) >= 11 is 6.08. The Bertz CT molecular complexity index is 1190. The number of benzene rings is 2. The van der Waals surface area contributed by atoms with Crippen LogP contribution in [-0.4, -0.2) is 35.2 Å². The van der Waals surface area contributed by atoms with Gasteiger partial charge in [0.05, 0.1) is 5.92 Å². The van der Waals surface area contributed by atoms with Crippen molar-refractivity contribution >= 4 is 29.0 Å². The van der Waals surface area contributed by atoms with E-state index in [0.717, 1.165) is 5.56 Å². The molecule has 5 rings (SSSR count). The van der Waals surface area contributed by atoms with Crippen molar-refractivity contribution in [2.24, 2.45) is 5.92 Å². The van der Waals surface area contributed by atoms with Crippen LogP contribution in [0.1, 0.15) is 27.5 Å². The van der Waals surface area contributed by atoms with Crippen LogP contribution < -0.4 is 5.32 Å². The maximum atomic E-state index is 14.3. The molecule has 2 aliphatic heterocycles. The second kappa shape index (κ2) is 7.25. The fraction of sp³-hybridized carbons (Fsp3) is 0.208. The molecule has 5 nitrogen and oxygen atoms in total. The van der Waals surface area contributed by atoms with Gasteiger partial charge >= 0.3 is 0 Å². The van der Waals surface area contributed by atoms with Crippen molar-refractivity contribution in [1.29, 1.82) is 0 Å². The average Bonchev–Trinajstić information content (AvgIpc) is 3.24. The van der Waals surface area contributed by atoms with Gasteiger partial charge in [-0.1, -0.05) is 29.8 Å². The predicted octanol–water partition coefficient (Wildman–Crippen LogP) is 4.25. The van der Waals surface area contributed by atoms with Gasteiger partial charge in [-0.05, 0) is 55.1 Å². The summed E-state index contributed by atoms with van der Waals surface area (Å²) in [6.07, 6.45) is 1.55. The molecule has 1 fully saturated rings. The van der Waals surface area contributed by atoms with E-state index in [2.05, 4.69) is 10.3 Å². The molecule has 0 aliphatic carbocycles. The first kappa shape index (κ1) is 19.8. The van der Waals surface area contributed by atoms with E-state index in [1.807, 2.05) is 17.0 Å². The maximum Gasteiger partial charge on any atom is 0.250 e. The second-order valence-electron chi connectivity index (χ2n) is 8.01. The van der Waals surface area contributed by atoms with Gasteiger partial charge in [0.25, 0.3) is 0 Å². The molecule has 1 saturated heterocycles. The van der Waals surface area contributed by atoms with Crippen LogP contribution in [0, 0.1) is 11.7 Å². The molecule has 1 aromatic heterocycles. The Morgan fingerprint density at radius 1 is 1.19 bits per heavy atom. The number of ketones is 1. The highest BCUT2D eigenvalue weighted by molar-refractivity contribution is 6.30. The van der Waals surface area contributed by atoms with E-state index in [-0.39, 0.29) is 23.3 Å². The zero-order valence-electron chi connectivity index (χ0n) is 16.7. The van der Waals surface area contributed by atoms with Crippen LogP contribution in [0.5, 0.6) is 0 Å². The molecule has 7 heteroatoms. The summed E-state index contributed by atoms with van der Waals surface area (Å²) in [6.45, 7) is 0.439. The number of nitrogens with zero attached hydrogens (tertiary/aromatic N) is 2. The van der Waals surface area contributed by atoms with Crippen LogP contribution in [0.4, 0.5) is 10.1 Å². The molecule has 0 radical (unpaired) electrons. The number of fused-ring (bicyclic) bond motifs is 2. The quantitative estimate of drug-likeness (QED) is 0.625.